The molecule has 2 rings (SSSR count). The summed E-state index contributed by atoms with van der Waals surface area (Å²) in [5.41, 5.74) is 0. The highest BCUT2D eigenvalue weighted by Crippen LogP contribution is 2.22. The molecule has 1 amide bonds. The number of amides is 1. The number of hydrogen-bond donors (Lipinski definition) is 0. The summed E-state index contributed by atoms with van der Waals surface area (Å²) in [7, 11) is 0. The third-order valence-electron chi connectivity index (χ3n) is 3.02. The van der Waals surface area contributed by atoms with Crippen LogP contribution < -0.4 is 0 Å². The van der Waals surface area contributed by atoms with E-state index in [0.29, 0.717) is 36.7 Å². The van der Waals surface area contributed by atoms with Crippen molar-refractivity contribution in [3.63, 3.8) is 0 Å². The molecule has 86 valence electrons. The Labute approximate surface area is 94.2 Å². The summed E-state index contributed by atoms with van der Waals surface area (Å²) in [4.78, 5) is 23.9. The molecule has 4 nitrogen and oxygen atoms in total. The van der Waals surface area contributed by atoms with E-state index >= 15 is 0 Å². The Balaban J connectivity index is 1.99. The van der Waals surface area contributed by atoms with Gasteiger partial charge in [-0.2, -0.15) is 0 Å². The van der Waals surface area contributed by atoms with Crippen molar-refractivity contribution in [2.45, 2.75) is 26.3 Å². The molecule has 1 aliphatic rings. The molecule has 4 heteroatoms. The zero-order valence-corrected chi connectivity index (χ0v) is 9.31. The van der Waals surface area contributed by atoms with E-state index in [9.17, 15) is 9.59 Å². The van der Waals surface area contributed by atoms with Crippen LogP contribution in [0.4, 0.5) is 0 Å². The lowest BCUT2D eigenvalue weighted by molar-refractivity contribution is -0.128. The van der Waals surface area contributed by atoms with Crippen molar-refractivity contribution in [1.29, 1.82) is 0 Å². The van der Waals surface area contributed by atoms with Crippen LogP contribution in [0.25, 0.3) is 0 Å². The third kappa shape index (κ3) is 2.15. The first-order chi connectivity index (χ1) is 7.72. The van der Waals surface area contributed by atoms with Crippen molar-refractivity contribution in [1.82, 2.24) is 4.90 Å². The van der Waals surface area contributed by atoms with E-state index in [2.05, 4.69) is 6.92 Å². The SMILES string of the molecule is CCC1CC(=O)N(Cc2ccc(C=O)o2)C1. The average Bonchev–Trinajstić information content (AvgIpc) is 2.87. The Bertz CT molecular complexity index is 397. The average molecular weight is 221 g/mol. The minimum absolute atomic E-state index is 0.177. The van der Waals surface area contributed by atoms with Crippen LogP contribution in [0.1, 0.15) is 36.1 Å². The van der Waals surface area contributed by atoms with Crippen molar-refractivity contribution < 1.29 is 14.0 Å². The summed E-state index contributed by atoms with van der Waals surface area (Å²) in [6.07, 6.45) is 2.34. The predicted molar refractivity (Wildman–Crippen MR) is 57.9 cm³/mol. The lowest BCUT2D eigenvalue weighted by Gasteiger charge is -2.14. The summed E-state index contributed by atoms with van der Waals surface area (Å²) in [6.45, 7) is 3.37. The van der Waals surface area contributed by atoms with Crippen LogP contribution in [0, 0.1) is 5.92 Å². The molecule has 1 saturated heterocycles. The molecule has 0 aliphatic carbocycles. The Morgan fingerprint density at radius 2 is 2.38 bits per heavy atom. The topological polar surface area (TPSA) is 50.5 Å². The van der Waals surface area contributed by atoms with E-state index in [-0.39, 0.29) is 5.91 Å². The van der Waals surface area contributed by atoms with Gasteiger partial charge in [-0.25, -0.2) is 0 Å². The van der Waals surface area contributed by atoms with E-state index < -0.39 is 0 Å². The molecule has 1 unspecified atom stereocenters. The van der Waals surface area contributed by atoms with Crippen molar-refractivity contribution >= 4 is 12.2 Å². The first-order valence-electron chi connectivity index (χ1n) is 5.54. The predicted octanol–water partition coefficient (Wildman–Crippen LogP) is 1.85. The third-order valence-corrected chi connectivity index (χ3v) is 3.02. The molecule has 0 aromatic carbocycles. The molecule has 2 heterocycles. The number of carbonyl (C=O) groups excluding carboxylic acids is 2. The Hall–Kier alpha value is -1.58. The van der Waals surface area contributed by atoms with Crippen LogP contribution in [-0.4, -0.2) is 23.6 Å². The van der Waals surface area contributed by atoms with Crippen LogP contribution in [0.3, 0.4) is 0 Å². The summed E-state index contributed by atoms with van der Waals surface area (Å²) in [5.74, 6) is 1.63. The standard InChI is InChI=1S/C12H15NO3/c1-2-9-5-12(15)13(6-9)7-10-3-4-11(8-14)16-10/h3-4,8-9H,2,5-7H2,1H3. The Kier molecular flexibility index (Phi) is 3.08. The molecular weight excluding hydrogens is 206 g/mol. The number of aldehydes is 1. The zero-order valence-electron chi connectivity index (χ0n) is 9.31. The summed E-state index contributed by atoms with van der Waals surface area (Å²) in [5, 5.41) is 0. The highest BCUT2D eigenvalue weighted by Gasteiger charge is 2.28. The van der Waals surface area contributed by atoms with E-state index in [1.54, 1.807) is 17.0 Å². The molecule has 16 heavy (non-hydrogen) atoms. The summed E-state index contributed by atoms with van der Waals surface area (Å²) >= 11 is 0. The molecular formula is C12H15NO3. The van der Waals surface area contributed by atoms with Gasteiger partial charge in [0, 0.05) is 13.0 Å². The molecule has 1 fully saturated rings. The van der Waals surface area contributed by atoms with Crippen molar-refractivity contribution in [2.24, 2.45) is 5.92 Å². The molecule has 0 radical (unpaired) electrons. The largest absolute Gasteiger partial charge is 0.456 e. The second-order valence-corrected chi connectivity index (χ2v) is 4.17. The van der Waals surface area contributed by atoms with Gasteiger partial charge in [0.15, 0.2) is 12.0 Å². The Morgan fingerprint density at radius 1 is 1.56 bits per heavy atom. The van der Waals surface area contributed by atoms with Gasteiger partial charge in [0.05, 0.1) is 6.54 Å². The fourth-order valence-corrected chi connectivity index (χ4v) is 2.01. The van der Waals surface area contributed by atoms with Crippen molar-refractivity contribution in [2.75, 3.05) is 6.54 Å². The number of nitrogens with zero attached hydrogens (tertiary/aromatic N) is 1. The van der Waals surface area contributed by atoms with E-state index in [0.717, 1.165) is 13.0 Å². The molecule has 0 bridgehead atoms. The summed E-state index contributed by atoms with van der Waals surface area (Å²) in [6, 6.07) is 3.37. The van der Waals surface area contributed by atoms with Crippen molar-refractivity contribution in [3.05, 3.63) is 23.7 Å². The van der Waals surface area contributed by atoms with Gasteiger partial charge in [0.1, 0.15) is 5.76 Å². The molecule has 1 aromatic heterocycles. The van der Waals surface area contributed by atoms with Gasteiger partial charge in [-0.3, -0.25) is 9.59 Å². The highest BCUT2D eigenvalue weighted by atomic mass is 16.3. The molecule has 0 spiro atoms. The lowest BCUT2D eigenvalue weighted by atomic mass is 10.1. The quantitative estimate of drug-likeness (QED) is 0.729. The van der Waals surface area contributed by atoms with Crippen LogP contribution in [0.15, 0.2) is 16.5 Å². The maximum atomic E-state index is 11.6. The van der Waals surface area contributed by atoms with E-state index in [1.807, 2.05) is 0 Å². The minimum atomic E-state index is 0.177. The van der Waals surface area contributed by atoms with Gasteiger partial charge in [0.25, 0.3) is 0 Å². The number of carbonyl (C=O) groups is 2. The number of furan rings is 1. The van der Waals surface area contributed by atoms with Crippen molar-refractivity contribution in [3.8, 4) is 0 Å². The zero-order chi connectivity index (χ0) is 11.5. The first kappa shape index (κ1) is 10.9. The van der Waals surface area contributed by atoms with Crippen LogP contribution in [0.5, 0.6) is 0 Å². The fourth-order valence-electron chi connectivity index (χ4n) is 2.01. The maximum Gasteiger partial charge on any atom is 0.223 e. The maximum absolute atomic E-state index is 11.6. The lowest BCUT2D eigenvalue weighted by Crippen LogP contribution is -2.24. The molecule has 0 saturated carbocycles. The van der Waals surface area contributed by atoms with Crippen LogP contribution in [0.2, 0.25) is 0 Å². The molecule has 1 aliphatic heterocycles. The minimum Gasteiger partial charge on any atom is -0.456 e. The first-order valence-corrected chi connectivity index (χ1v) is 5.54. The summed E-state index contributed by atoms with van der Waals surface area (Å²) < 4.78 is 5.25. The van der Waals surface area contributed by atoms with Gasteiger partial charge in [-0.05, 0) is 18.1 Å². The van der Waals surface area contributed by atoms with Gasteiger partial charge in [-0.1, -0.05) is 13.3 Å². The number of likely N-dealkylation sites (tertiary alicyclic amines) is 1. The van der Waals surface area contributed by atoms with Gasteiger partial charge < -0.3 is 9.32 Å². The molecule has 0 N–H and O–H groups in total. The second-order valence-electron chi connectivity index (χ2n) is 4.17. The number of rotatable bonds is 4. The van der Waals surface area contributed by atoms with Gasteiger partial charge >= 0.3 is 0 Å². The molecule has 1 aromatic rings. The van der Waals surface area contributed by atoms with E-state index in [1.165, 1.54) is 0 Å². The smallest absolute Gasteiger partial charge is 0.223 e. The van der Waals surface area contributed by atoms with Gasteiger partial charge in [0.2, 0.25) is 5.91 Å². The number of hydrogen-bond acceptors (Lipinski definition) is 3. The van der Waals surface area contributed by atoms with Crippen LogP contribution in [-0.2, 0) is 11.3 Å². The fraction of sp³-hybridized carbons (Fsp3) is 0.500. The monoisotopic (exact) mass is 221 g/mol. The normalized spacial score (nSPS) is 20.4. The highest BCUT2D eigenvalue weighted by molar-refractivity contribution is 5.78. The van der Waals surface area contributed by atoms with Crippen LogP contribution >= 0.6 is 0 Å². The van der Waals surface area contributed by atoms with E-state index in [4.69, 9.17) is 4.42 Å². The molecule has 1 atom stereocenters. The van der Waals surface area contributed by atoms with Gasteiger partial charge in [-0.15, -0.1) is 0 Å². The Morgan fingerprint density at radius 3 is 2.94 bits per heavy atom. The second kappa shape index (κ2) is 4.51.